The van der Waals surface area contributed by atoms with E-state index in [4.69, 9.17) is 4.99 Å². The van der Waals surface area contributed by atoms with Gasteiger partial charge in [-0.1, -0.05) is 56.3 Å². The number of carbonyl (C=O) groups excluding carboxylic acids is 2. The molecule has 1 atom stereocenters. The molecule has 1 heterocycles. The van der Waals surface area contributed by atoms with Crippen LogP contribution in [0.15, 0.2) is 77.8 Å². The fraction of sp³-hybridized carbons (Fsp3) is 0.344. The summed E-state index contributed by atoms with van der Waals surface area (Å²) in [6, 6.07) is 24.1. The number of nitrogens with one attached hydrogen (secondary N) is 1. The summed E-state index contributed by atoms with van der Waals surface area (Å²) in [6.07, 6.45) is 1.82. The molecule has 3 aromatic rings. The Balaban J connectivity index is 1.48. The number of hydrogen-bond donors (Lipinski definition) is 1. The van der Waals surface area contributed by atoms with Crippen LogP contribution in [0.1, 0.15) is 66.6 Å². The van der Waals surface area contributed by atoms with Crippen LogP contribution in [0.4, 0.5) is 11.4 Å². The molecule has 1 unspecified atom stereocenters. The fourth-order valence-electron chi connectivity index (χ4n) is 5.05. The topological polar surface area (TPSA) is 65.0 Å². The van der Waals surface area contributed by atoms with E-state index >= 15 is 0 Å². The van der Waals surface area contributed by atoms with Crippen LogP contribution in [0, 0.1) is 0 Å². The maximum Gasteiger partial charge on any atom is 0.253 e. The van der Waals surface area contributed by atoms with Gasteiger partial charge in [0.15, 0.2) is 0 Å². The van der Waals surface area contributed by atoms with Gasteiger partial charge in [0.1, 0.15) is 5.92 Å². The Labute approximate surface area is 226 Å². The van der Waals surface area contributed by atoms with Crippen molar-refractivity contribution in [2.75, 3.05) is 25.5 Å². The maximum atomic E-state index is 13.2. The molecule has 4 rings (SSSR count). The molecule has 0 fully saturated rings. The van der Waals surface area contributed by atoms with Gasteiger partial charge >= 0.3 is 0 Å². The minimum absolute atomic E-state index is 0.0111. The van der Waals surface area contributed by atoms with E-state index in [2.05, 4.69) is 67.5 Å². The highest BCUT2D eigenvalue weighted by molar-refractivity contribution is 6.18. The average Bonchev–Trinajstić information content (AvgIpc) is 3.24. The van der Waals surface area contributed by atoms with Crippen molar-refractivity contribution in [3.05, 3.63) is 95.1 Å². The second kappa shape index (κ2) is 12.7. The first-order chi connectivity index (χ1) is 18.4. The summed E-state index contributed by atoms with van der Waals surface area (Å²) in [5.41, 5.74) is 6.19. The zero-order chi connectivity index (χ0) is 27.1. The SMILES string of the molecule is CCCN(CCC)C(=O)c1ccc2c(c1)C(C(C)=Nc1ccc(CN(C)Cc3ccccc3)cc1)C(=O)N2. The Hall–Kier alpha value is -3.77. The molecule has 0 bridgehead atoms. The van der Waals surface area contributed by atoms with Crippen molar-refractivity contribution in [3.8, 4) is 0 Å². The van der Waals surface area contributed by atoms with Crippen molar-refractivity contribution in [1.82, 2.24) is 9.80 Å². The van der Waals surface area contributed by atoms with Crippen molar-refractivity contribution >= 4 is 28.9 Å². The zero-order valence-corrected chi connectivity index (χ0v) is 22.9. The highest BCUT2D eigenvalue weighted by Gasteiger charge is 2.33. The van der Waals surface area contributed by atoms with Gasteiger partial charge in [0.2, 0.25) is 5.91 Å². The van der Waals surface area contributed by atoms with Crippen LogP contribution in [0.3, 0.4) is 0 Å². The van der Waals surface area contributed by atoms with E-state index in [1.807, 2.05) is 48.2 Å². The van der Waals surface area contributed by atoms with Gasteiger partial charge in [-0.05, 0) is 73.8 Å². The van der Waals surface area contributed by atoms with E-state index in [0.717, 1.165) is 56.0 Å². The molecule has 0 saturated heterocycles. The number of rotatable bonds is 11. The maximum absolute atomic E-state index is 13.2. The molecular formula is C32H38N4O2. The Morgan fingerprint density at radius 1 is 0.895 bits per heavy atom. The Bertz CT molecular complexity index is 1280. The van der Waals surface area contributed by atoms with Gasteiger partial charge in [0.05, 0.1) is 5.69 Å². The van der Waals surface area contributed by atoms with Gasteiger partial charge in [-0.2, -0.15) is 0 Å². The van der Waals surface area contributed by atoms with Crippen molar-refractivity contribution in [2.24, 2.45) is 4.99 Å². The van der Waals surface area contributed by atoms with Gasteiger partial charge < -0.3 is 10.2 Å². The average molecular weight is 511 g/mol. The number of aliphatic imine (C=N–C) groups is 1. The first-order valence-corrected chi connectivity index (χ1v) is 13.5. The Morgan fingerprint density at radius 2 is 1.53 bits per heavy atom. The van der Waals surface area contributed by atoms with Crippen LogP contribution in [0.2, 0.25) is 0 Å². The lowest BCUT2D eigenvalue weighted by Crippen LogP contribution is -2.32. The third-order valence-corrected chi connectivity index (χ3v) is 6.81. The van der Waals surface area contributed by atoms with Gasteiger partial charge in [0.25, 0.3) is 5.91 Å². The molecule has 1 N–H and O–H groups in total. The smallest absolute Gasteiger partial charge is 0.253 e. The van der Waals surface area contributed by atoms with Crippen LogP contribution in [-0.4, -0.2) is 47.5 Å². The quantitative estimate of drug-likeness (QED) is 0.303. The molecule has 0 aromatic heterocycles. The summed E-state index contributed by atoms with van der Waals surface area (Å²) in [5.74, 6) is -0.610. The van der Waals surface area contributed by atoms with Crippen LogP contribution < -0.4 is 5.32 Å². The number of carbonyl (C=O) groups is 2. The summed E-state index contributed by atoms with van der Waals surface area (Å²) in [5, 5.41) is 2.96. The number of amides is 2. The first-order valence-electron chi connectivity index (χ1n) is 13.5. The van der Waals surface area contributed by atoms with E-state index in [0.29, 0.717) is 11.3 Å². The van der Waals surface area contributed by atoms with Gasteiger partial charge in [-0.15, -0.1) is 0 Å². The van der Waals surface area contributed by atoms with Gasteiger partial charge in [0, 0.05) is 43.1 Å². The predicted molar refractivity (Wildman–Crippen MR) is 155 cm³/mol. The minimum Gasteiger partial charge on any atom is -0.339 e. The highest BCUT2D eigenvalue weighted by Crippen LogP contribution is 2.35. The molecule has 0 radical (unpaired) electrons. The number of nitrogens with zero attached hydrogens (tertiary/aromatic N) is 3. The Kier molecular flexibility index (Phi) is 9.08. The van der Waals surface area contributed by atoms with Crippen molar-refractivity contribution in [3.63, 3.8) is 0 Å². The summed E-state index contributed by atoms with van der Waals surface area (Å²) in [4.78, 5) is 35.0. The Morgan fingerprint density at radius 3 is 2.16 bits per heavy atom. The second-order valence-electron chi connectivity index (χ2n) is 10.1. The molecule has 3 aromatic carbocycles. The summed E-state index contributed by atoms with van der Waals surface area (Å²) >= 11 is 0. The van der Waals surface area contributed by atoms with E-state index in [9.17, 15) is 9.59 Å². The van der Waals surface area contributed by atoms with E-state index in [-0.39, 0.29) is 11.8 Å². The number of hydrogen-bond acceptors (Lipinski definition) is 4. The lowest BCUT2D eigenvalue weighted by Gasteiger charge is -2.22. The van der Waals surface area contributed by atoms with Gasteiger partial charge in [-0.3, -0.25) is 19.5 Å². The molecule has 0 saturated carbocycles. The molecule has 1 aliphatic rings. The summed E-state index contributed by atoms with van der Waals surface area (Å²) in [6.45, 7) is 9.20. The van der Waals surface area contributed by atoms with Crippen molar-refractivity contribution in [1.29, 1.82) is 0 Å². The number of benzene rings is 3. The fourth-order valence-corrected chi connectivity index (χ4v) is 5.05. The molecule has 198 valence electrons. The van der Waals surface area contributed by atoms with Crippen LogP contribution in [-0.2, 0) is 17.9 Å². The standard InChI is InChI=1S/C32H38N4O2/c1-5-18-36(19-6-2)32(38)26-14-17-29-28(20-26)30(31(37)34-29)23(3)33-27-15-12-25(13-16-27)22-35(4)21-24-10-8-7-9-11-24/h7-17,20,30H,5-6,18-19,21-22H2,1-4H3,(H,34,37). The third-order valence-electron chi connectivity index (χ3n) is 6.81. The van der Waals surface area contributed by atoms with E-state index in [1.165, 1.54) is 11.1 Å². The van der Waals surface area contributed by atoms with E-state index in [1.54, 1.807) is 0 Å². The molecule has 0 aliphatic carbocycles. The number of anilines is 1. The lowest BCUT2D eigenvalue weighted by molar-refractivity contribution is -0.115. The normalized spacial score (nSPS) is 14.9. The second-order valence-corrected chi connectivity index (χ2v) is 10.1. The number of fused-ring (bicyclic) bond motifs is 1. The highest BCUT2D eigenvalue weighted by atomic mass is 16.2. The van der Waals surface area contributed by atoms with Crippen LogP contribution >= 0.6 is 0 Å². The van der Waals surface area contributed by atoms with Crippen LogP contribution in [0.25, 0.3) is 0 Å². The molecule has 0 spiro atoms. The molecular weight excluding hydrogens is 472 g/mol. The molecule has 6 nitrogen and oxygen atoms in total. The monoisotopic (exact) mass is 510 g/mol. The predicted octanol–water partition coefficient (Wildman–Crippen LogP) is 6.41. The third kappa shape index (κ3) is 6.56. The minimum atomic E-state index is -0.514. The summed E-state index contributed by atoms with van der Waals surface area (Å²) in [7, 11) is 2.11. The van der Waals surface area contributed by atoms with Crippen LogP contribution in [0.5, 0.6) is 0 Å². The van der Waals surface area contributed by atoms with Gasteiger partial charge in [-0.25, -0.2) is 0 Å². The molecule has 6 heteroatoms. The molecule has 2 amide bonds. The molecule has 38 heavy (non-hydrogen) atoms. The van der Waals surface area contributed by atoms with Crippen molar-refractivity contribution in [2.45, 2.75) is 52.6 Å². The van der Waals surface area contributed by atoms with Crippen molar-refractivity contribution < 1.29 is 9.59 Å². The first kappa shape index (κ1) is 27.3. The largest absolute Gasteiger partial charge is 0.339 e. The lowest BCUT2D eigenvalue weighted by atomic mass is 9.94. The summed E-state index contributed by atoms with van der Waals surface area (Å²) < 4.78 is 0. The molecule has 1 aliphatic heterocycles. The zero-order valence-electron chi connectivity index (χ0n) is 22.9. The van der Waals surface area contributed by atoms with E-state index < -0.39 is 5.92 Å².